The van der Waals surface area contributed by atoms with Crippen molar-refractivity contribution in [2.45, 2.75) is 6.54 Å². The van der Waals surface area contributed by atoms with Crippen LogP contribution in [0, 0.1) is 3.57 Å². The molecule has 7 heteroatoms. The van der Waals surface area contributed by atoms with Crippen LogP contribution in [0.1, 0.15) is 16.1 Å². The Balaban J connectivity index is 2.03. The Bertz CT molecular complexity index is 766. The Hall–Kier alpha value is -1.74. The molecule has 2 aromatic heterocycles. The van der Waals surface area contributed by atoms with E-state index in [4.69, 9.17) is 0 Å². The first-order valence-corrected chi connectivity index (χ1v) is 8.06. The van der Waals surface area contributed by atoms with Gasteiger partial charge in [-0.3, -0.25) is 0 Å². The molecule has 1 aromatic carbocycles. The Morgan fingerprint density at radius 1 is 1.29 bits per heavy atom. The molecule has 0 bridgehead atoms. The van der Waals surface area contributed by atoms with Gasteiger partial charge >= 0.3 is 5.97 Å². The molecule has 0 aliphatic rings. The van der Waals surface area contributed by atoms with Gasteiger partial charge in [0.1, 0.15) is 5.69 Å². The molecule has 2 heterocycles. The van der Waals surface area contributed by atoms with Gasteiger partial charge in [0.25, 0.3) is 0 Å². The Morgan fingerprint density at radius 3 is 2.67 bits per heavy atom. The number of halogens is 1. The lowest BCUT2D eigenvalue weighted by atomic mass is 10.2. The Kier molecular flexibility index (Phi) is 4.02. The number of rotatable bonds is 4. The number of aromatic carboxylic acids is 1. The molecule has 0 atom stereocenters. The number of aromatic nitrogens is 3. The highest BCUT2D eigenvalue weighted by Crippen LogP contribution is 2.27. The van der Waals surface area contributed by atoms with Gasteiger partial charge in [-0.05, 0) is 51.7 Å². The summed E-state index contributed by atoms with van der Waals surface area (Å²) in [6.07, 6.45) is 0. The van der Waals surface area contributed by atoms with Crippen molar-refractivity contribution in [3.05, 3.63) is 56.6 Å². The third kappa shape index (κ3) is 2.98. The van der Waals surface area contributed by atoms with Crippen molar-refractivity contribution >= 4 is 39.9 Å². The van der Waals surface area contributed by atoms with Crippen LogP contribution >= 0.6 is 33.9 Å². The van der Waals surface area contributed by atoms with E-state index in [-0.39, 0.29) is 5.69 Å². The standard InChI is InChI=1S/C14H10IN3O2S/c15-10-5-3-9(4-6-10)8-18-13(11-2-1-7-21-11)12(14(19)20)16-17-18/h1-7H,8H2,(H,19,20). The van der Waals surface area contributed by atoms with E-state index >= 15 is 0 Å². The monoisotopic (exact) mass is 411 g/mol. The number of benzene rings is 1. The first-order valence-electron chi connectivity index (χ1n) is 6.10. The van der Waals surface area contributed by atoms with E-state index in [0.29, 0.717) is 12.2 Å². The second kappa shape index (κ2) is 5.94. The molecule has 0 aliphatic carbocycles. The number of hydrogen-bond donors (Lipinski definition) is 1. The third-order valence-electron chi connectivity index (χ3n) is 2.94. The zero-order valence-electron chi connectivity index (χ0n) is 10.7. The molecule has 1 N–H and O–H groups in total. The summed E-state index contributed by atoms with van der Waals surface area (Å²) in [6, 6.07) is 11.8. The van der Waals surface area contributed by atoms with Crippen molar-refractivity contribution < 1.29 is 9.90 Å². The molecule has 0 unspecified atom stereocenters. The average Bonchev–Trinajstić information content (AvgIpc) is 3.10. The normalized spacial score (nSPS) is 10.7. The minimum absolute atomic E-state index is 0.0111. The molecule has 5 nitrogen and oxygen atoms in total. The van der Waals surface area contributed by atoms with Gasteiger partial charge in [-0.25, -0.2) is 9.48 Å². The number of hydrogen-bond acceptors (Lipinski definition) is 4. The fraction of sp³-hybridized carbons (Fsp3) is 0.0714. The van der Waals surface area contributed by atoms with Gasteiger partial charge in [-0.2, -0.15) is 0 Å². The van der Waals surface area contributed by atoms with E-state index in [9.17, 15) is 9.90 Å². The third-order valence-corrected chi connectivity index (χ3v) is 4.53. The number of nitrogens with zero attached hydrogens (tertiary/aromatic N) is 3. The van der Waals surface area contributed by atoms with E-state index in [0.717, 1.165) is 14.0 Å². The highest BCUT2D eigenvalue weighted by atomic mass is 127. The van der Waals surface area contributed by atoms with Crippen molar-refractivity contribution in [1.29, 1.82) is 0 Å². The van der Waals surface area contributed by atoms with Crippen molar-refractivity contribution in [3.63, 3.8) is 0 Å². The van der Waals surface area contributed by atoms with Gasteiger partial charge in [-0.1, -0.05) is 23.4 Å². The molecule has 0 saturated heterocycles. The molecule has 0 saturated carbocycles. The van der Waals surface area contributed by atoms with Gasteiger partial charge in [-0.15, -0.1) is 16.4 Å². The van der Waals surface area contributed by atoms with Crippen molar-refractivity contribution in [1.82, 2.24) is 15.0 Å². The van der Waals surface area contributed by atoms with Crippen LogP contribution < -0.4 is 0 Å². The Labute approximate surface area is 138 Å². The summed E-state index contributed by atoms with van der Waals surface area (Å²) >= 11 is 3.72. The minimum Gasteiger partial charge on any atom is -0.476 e. The first kappa shape index (κ1) is 14.2. The van der Waals surface area contributed by atoms with Crippen LogP contribution in [0.2, 0.25) is 0 Å². The predicted octanol–water partition coefficient (Wildman–Crippen LogP) is 3.36. The highest BCUT2D eigenvalue weighted by molar-refractivity contribution is 14.1. The number of thiophene rings is 1. The molecular formula is C14H10IN3O2S. The molecule has 0 spiro atoms. The minimum atomic E-state index is -1.06. The van der Waals surface area contributed by atoms with Crippen molar-refractivity contribution in [2.75, 3.05) is 0 Å². The predicted molar refractivity (Wildman–Crippen MR) is 88.6 cm³/mol. The summed E-state index contributed by atoms with van der Waals surface area (Å²) in [6.45, 7) is 0.491. The fourth-order valence-corrected chi connectivity index (χ4v) is 3.12. The lowest BCUT2D eigenvalue weighted by Crippen LogP contribution is -2.05. The van der Waals surface area contributed by atoms with Crippen molar-refractivity contribution in [3.8, 4) is 10.6 Å². The van der Waals surface area contributed by atoms with Gasteiger partial charge in [0.05, 0.1) is 11.4 Å². The molecule has 106 valence electrons. The maximum absolute atomic E-state index is 11.3. The van der Waals surface area contributed by atoms with Crippen LogP contribution in [0.4, 0.5) is 0 Å². The maximum atomic E-state index is 11.3. The zero-order valence-corrected chi connectivity index (χ0v) is 13.7. The van der Waals surface area contributed by atoms with Crippen LogP contribution in [0.3, 0.4) is 0 Å². The van der Waals surface area contributed by atoms with Crippen LogP contribution in [0.25, 0.3) is 10.6 Å². The number of carbonyl (C=O) groups is 1. The van der Waals surface area contributed by atoms with Gasteiger partial charge in [0, 0.05) is 3.57 Å². The van der Waals surface area contributed by atoms with E-state index in [1.54, 1.807) is 4.68 Å². The first-order chi connectivity index (χ1) is 10.1. The van der Waals surface area contributed by atoms with Gasteiger partial charge in [0.15, 0.2) is 5.69 Å². The molecule has 0 fully saturated rings. The van der Waals surface area contributed by atoms with Crippen LogP contribution in [-0.4, -0.2) is 26.1 Å². The summed E-state index contributed by atoms with van der Waals surface area (Å²) in [5.41, 5.74) is 1.59. The van der Waals surface area contributed by atoms with Gasteiger partial charge in [0.2, 0.25) is 0 Å². The van der Waals surface area contributed by atoms with E-state index in [1.165, 1.54) is 11.3 Å². The quantitative estimate of drug-likeness (QED) is 0.669. The molecular weight excluding hydrogens is 401 g/mol. The molecule has 3 rings (SSSR count). The van der Waals surface area contributed by atoms with Crippen LogP contribution in [0.15, 0.2) is 41.8 Å². The Morgan fingerprint density at radius 2 is 2.05 bits per heavy atom. The fourth-order valence-electron chi connectivity index (χ4n) is 1.99. The molecule has 0 amide bonds. The highest BCUT2D eigenvalue weighted by Gasteiger charge is 2.21. The SMILES string of the molecule is O=C(O)c1nnn(Cc2ccc(I)cc2)c1-c1cccs1. The molecule has 21 heavy (non-hydrogen) atoms. The average molecular weight is 411 g/mol. The zero-order chi connectivity index (χ0) is 14.8. The topological polar surface area (TPSA) is 68.0 Å². The number of carboxylic acid groups (broad SMARTS) is 1. The van der Waals surface area contributed by atoms with Crippen LogP contribution in [0.5, 0.6) is 0 Å². The van der Waals surface area contributed by atoms with E-state index in [1.807, 2.05) is 41.8 Å². The maximum Gasteiger partial charge on any atom is 0.358 e. The molecule has 0 aliphatic heterocycles. The van der Waals surface area contributed by atoms with E-state index < -0.39 is 5.97 Å². The van der Waals surface area contributed by atoms with Crippen LogP contribution in [-0.2, 0) is 6.54 Å². The summed E-state index contributed by atoms with van der Waals surface area (Å²) in [4.78, 5) is 12.2. The lowest BCUT2D eigenvalue weighted by molar-refractivity contribution is 0.0691. The smallest absolute Gasteiger partial charge is 0.358 e. The molecule has 0 radical (unpaired) electrons. The second-order valence-electron chi connectivity index (χ2n) is 4.35. The summed E-state index contributed by atoms with van der Waals surface area (Å²) < 4.78 is 2.79. The molecule has 3 aromatic rings. The van der Waals surface area contributed by atoms with Crippen molar-refractivity contribution in [2.24, 2.45) is 0 Å². The van der Waals surface area contributed by atoms with Gasteiger partial charge < -0.3 is 5.11 Å². The lowest BCUT2D eigenvalue weighted by Gasteiger charge is -2.06. The summed E-state index contributed by atoms with van der Waals surface area (Å²) in [5, 5.41) is 19.0. The largest absolute Gasteiger partial charge is 0.476 e. The second-order valence-corrected chi connectivity index (χ2v) is 6.55. The van der Waals surface area contributed by atoms with E-state index in [2.05, 4.69) is 32.9 Å². The summed E-state index contributed by atoms with van der Waals surface area (Å²) in [7, 11) is 0. The summed E-state index contributed by atoms with van der Waals surface area (Å²) in [5.74, 6) is -1.06. The number of carboxylic acids is 1.